The van der Waals surface area contributed by atoms with Crippen molar-refractivity contribution in [2.24, 2.45) is 0 Å². The third-order valence-corrected chi connectivity index (χ3v) is 5.64. The van der Waals surface area contributed by atoms with Gasteiger partial charge >= 0.3 is 0 Å². The Morgan fingerprint density at radius 2 is 2.29 bits per heavy atom. The summed E-state index contributed by atoms with van der Waals surface area (Å²) in [5, 5.41) is 0.723. The number of hydrogen-bond acceptors (Lipinski definition) is 7. The lowest BCUT2D eigenvalue weighted by atomic mass is 10.1. The predicted octanol–water partition coefficient (Wildman–Crippen LogP) is 4.25. The maximum atomic E-state index is 13.4. The third kappa shape index (κ3) is 6.12. The van der Waals surface area contributed by atoms with E-state index in [4.69, 9.17) is 25.8 Å². The molecule has 7 nitrogen and oxygen atoms in total. The van der Waals surface area contributed by atoms with Gasteiger partial charge in [0.2, 0.25) is 0 Å². The molecule has 1 aromatic heterocycles. The van der Waals surface area contributed by atoms with E-state index in [1.165, 1.54) is 18.0 Å². The Kier molecular flexibility index (Phi) is 8.57. The molecule has 1 saturated heterocycles. The number of ether oxygens (including phenoxy) is 3. The Balaban J connectivity index is 1.87. The molecule has 0 bridgehead atoms. The van der Waals surface area contributed by atoms with Gasteiger partial charge in [-0.25, -0.2) is 9.97 Å². The number of hydrogen-bond donors (Lipinski definition) is 0. The van der Waals surface area contributed by atoms with Gasteiger partial charge in [0.1, 0.15) is 6.61 Å². The standard InChI is InChI=1S/C22H26ClN3O4S/c1-4-9-30-18-8-7-15(11-19(18)28-2)13-26(14-16-6-5-10-29-16)21(27)20-17(23)12-24-22(25-20)31-3/h4,7-8,11-12,16H,1,5-6,9-10,13-14H2,2-3H3. The van der Waals surface area contributed by atoms with Crippen molar-refractivity contribution in [2.75, 3.05) is 33.1 Å². The Bertz CT molecular complexity index is 922. The van der Waals surface area contributed by atoms with E-state index in [1.807, 2.05) is 24.5 Å². The molecule has 2 aromatic rings. The van der Waals surface area contributed by atoms with Crippen LogP contribution in [-0.4, -0.2) is 60.0 Å². The zero-order chi connectivity index (χ0) is 22.2. The third-order valence-electron chi connectivity index (χ3n) is 4.80. The average Bonchev–Trinajstić information content (AvgIpc) is 3.30. The minimum Gasteiger partial charge on any atom is -0.493 e. The number of carbonyl (C=O) groups excluding carboxylic acids is 1. The fourth-order valence-corrected chi connectivity index (χ4v) is 3.81. The van der Waals surface area contributed by atoms with Gasteiger partial charge in [-0.15, -0.1) is 0 Å². The second-order valence-corrected chi connectivity index (χ2v) is 8.14. The van der Waals surface area contributed by atoms with Crippen LogP contribution in [0.4, 0.5) is 0 Å². The molecule has 1 aromatic carbocycles. The van der Waals surface area contributed by atoms with Crippen LogP contribution in [0.5, 0.6) is 11.5 Å². The van der Waals surface area contributed by atoms with E-state index in [2.05, 4.69) is 16.5 Å². The van der Waals surface area contributed by atoms with Crippen molar-refractivity contribution < 1.29 is 19.0 Å². The molecule has 31 heavy (non-hydrogen) atoms. The highest BCUT2D eigenvalue weighted by Crippen LogP contribution is 2.29. The van der Waals surface area contributed by atoms with Crippen LogP contribution >= 0.6 is 23.4 Å². The fourth-order valence-electron chi connectivity index (χ4n) is 3.30. The molecule has 1 atom stereocenters. The topological polar surface area (TPSA) is 73.8 Å². The minimum atomic E-state index is -0.260. The molecule has 1 unspecified atom stereocenters. The predicted molar refractivity (Wildman–Crippen MR) is 121 cm³/mol. The highest BCUT2D eigenvalue weighted by atomic mass is 35.5. The summed E-state index contributed by atoms with van der Waals surface area (Å²) in [4.78, 5) is 23.6. The van der Waals surface area contributed by atoms with Crippen molar-refractivity contribution in [3.63, 3.8) is 0 Å². The van der Waals surface area contributed by atoms with E-state index in [1.54, 1.807) is 18.1 Å². The van der Waals surface area contributed by atoms with E-state index < -0.39 is 0 Å². The SMILES string of the molecule is C=CCOc1ccc(CN(CC2CCCO2)C(=O)c2nc(SC)ncc2Cl)cc1OC. The molecule has 9 heteroatoms. The Morgan fingerprint density at radius 3 is 2.97 bits per heavy atom. The van der Waals surface area contributed by atoms with E-state index in [0.717, 1.165) is 18.4 Å². The molecule has 1 aliphatic heterocycles. The first-order valence-corrected chi connectivity index (χ1v) is 11.5. The van der Waals surface area contributed by atoms with E-state index in [0.29, 0.717) is 43.0 Å². The molecular formula is C22H26ClN3O4S. The first-order chi connectivity index (χ1) is 15.0. The number of halogens is 1. The Morgan fingerprint density at radius 1 is 1.45 bits per heavy atom. The van der Waals surface area contributed by atoms with Gasteiger partial charge in [0.05, 0.1) is 24.4 Å². The Hall–Kier alpha value is -2.29. The lowest BCUT2D eigenvalue weighted by molar-refractivity contribution is 0.0502. The average molecular weight is 464 g/mol. The number of methoxy groups -OCH3 is 1. The zero-order valence-electron chi connectivity index (χ0n) is 17.7. The number of aromatic nitrogens is 2. The first-order valence-electron chi connectivity index (χ1n) is 9.93. The summed E-state index contributed by atoms with van der Waals surface area (Å²) in [6.45, 7) is 5.55. The summed E-state index contributed by atoms with van der Waals surface area (Å²) in [7, 11) is 1.58. The summed E-state index contributed by atoms with van der Waals surface area (Å²) < 4.78 is 16.9. The zero-order valence-corrected chi connectivity index (χ0v) is 19.2. The van der Waals surface area contributed by atoms with Gasteiger partial charge in [-0.05, 0) is 36.8 Å². The number of carbonyl (C=O) groups is 1. The molecular weight excluding hydrogens is 438 g/mol. The van der Waals surface area contributed by atoms with Crippen LogP contribution in [0.15, 0.2) is 42.2 Å². The van der Waals surface area contributed by atoms with Crippen molar-refractivity contribution in [2.45, 2.75) is 30.6 Å². The van der Waals surface area contributed by atoms with Crippen molar-refractivity contribution in [1.82, 2.24) is 14.9 Å². The maximum Gasteiger partial charge on any atom is 0.274 e. The molecule has 0 N–H and O–H groups in total. The number of nitrogens with zero attached hydrogens (tertiary/aromatic N) is 3. The van der Waals surface area contributed by atoms with Crippen LogP contribution in [0.2, 0.25) is 5.02 Å². The molecule has 1 aliphatic rings. The van der Waals surface area contributed by atoms with Crippen molar-refractivity contribution in [1.29, 1.82) is 0 Å². The monoisotopic (exact) mass is 463 g/mol. The number of benzene rings is 1. The van der Waals surface area contributed by atoms with Crippen LogP contribution in [0, 0.1) is 0 Å². The van der Waals surface area contributed by atoms with Gasteiger partial charge in [0, 0.05) is 19.7 Å². The van der Waals surface area contributed by atoms with Crippen LogP contribution in [0.3, 0.4) is 0 Å². The van der Waals surface area contributed by atoms with Gasteiger partial charge in [0.15, 0.2) is 22.3 Å². The summed E-state index contributed by atoms with van der Waals surface area (Å²) in [5.74, 6) is 0.948. The quantitative estimate of drug-likeness (QED) is 0.296. The lowest BCUT2D eigenvalue weighted by Crippen LogP contribution is -2.37. The van der Waals surface area contributed by atoms with E-state index in [9.17, 15) is 4.79 Å². The normalized spacial score (nSPS) is 15.5. The maximum absolute atomic E-state index is 13.4. The largest absolute Gasteiger partial charge is 0.493 e. The number of rotatable bonds is 10. The summed E-state index contributed by atoms with van der Waals surface area (Å²) in [6, 6.07) is 5.60. The highest BCUT2D eigenvalue weighted by molar-refractivity contribution is 7.98. The molecule has 1 amide bonds. The van der Waals surface area contributed by atoms with Gasteiger partial charge < -0.3 is 19.1 Å². The molecule has 0 saturated carbocycles. The summed E-state index contributed by atoms with van der Waals surface area (Å²) in [5.41, 5.74) is 1.08. The van der Waals surface area contributed by atoms with Crippen LogP contribution in [0.1, 0.15) is 28.9 Å². The molecule has 1 fully saturated rings. The van der Waals surface area contributed by atoms with Gasteiger partial charge in [-0.2, -0.15) is 0 Å². The number of amides is 1. The molecule has 0 aliphatic carbocycles. The van der Waals surface area contributed by atoms with Crippen molar-refractivity contribution in [3.8, 4) is 11.5 Å². The van der Waals surface area contributed by atoms with E-state index >= 15 is 0 Å². The highest BCUT2D eigenvalue weighted by Gasteiger charge is 2.26. The molecule has 2 heterocycles. The van der Waals surface area contributed by atoms with Crippen LogP contribution in [-0.2, 0) is 11.3 Å². The van der Waals surface area contributed by atoms with Gasteiger partial charge in [-0.3, -0.25) is 4.79 Å². The summed E-state index contributed by atoms with van der Waals surface area (Å²) >= 11 is 7.63. The molecule has 0 radical (unpaired) electrons. The summed E-state index contributed by atoms with van der Waals surface area (Å²) in [6.07, 6.45) is 6.87. The fraction of sp³-hybridized carbons (Fsp3) is 0.409. The minimum absolute atomic E-state index is 0.0123. The van der Waals surface area contributed by atoms with Gasteiger partial charge in [-0.1, -0.05) is 42.1 Å². The first kappa shape index (κ1) is 23.4. The molecule has 166 valence electrons. The Labute approximate surface area is 191 Å². The lowest BCUT2D eigenvalue weighted by Gasteiger charge is -2.26. The van der Waals surface area contributed by atoms with Crippen molar-refractivity contribution >= 4 is 29.3 Å². The smallest absolute Gasteiger partial charge is 0.274 e. The van der Waals surface area contributed by atoms with E-state index in [-0.39, 0.29) is 22.7 Å². The second kappa shape index (κ2) is 11.4. The second-order valence-electron chi connectivity index (χ2n) is 6.96. The molecule has 0 spiro atoms. The number of thioether (sulfide) groups is 1. The van der Waals surface area contributed by atoms with Crippen LogP contribution in [0.25, 0.3) is 0 Å². The van der Waals surface area contributed by atoms with Crippen molar-refractivity contribution in [3.05, 3.63) is 53.3 Å². The van der Waals surface area contributed by atoms with Gasteiger partial charge in [0.25, 0.3) is 5.91 Å². The molecule has 3 rings (SSSR count). The van der Waals surface area contributed by atoms with Crippen LogP contribution < -0.4 is 9.47 Å².